The van der Waals surface area contributed by atoms with Crippen molar-refractivity contribution in [2.75, 3.05) is 19.6 Å². The molecule has 0 aromatic heterocycles. The molecule has 21 heavy (non-hydrogen) atoms. The van der Waals surface area contributed by atoms with Crippen LogP contribution in [0.25, 0.3) is 0 Å². The zero-order valence-electron chi connectivity index (χ0n) is 12.2. The fourth-order valence-electron chi connectivity index (χ4n) is 2.92. The average molecular weight is 294 g/mol. The topological polar surface area (TPSA) is 66.6 Å². The standard InChI is InChI=1S/C16H23FN2O2/c17-14-5-1-3-12(11-14)4-2-8-19-9-6-13(7-10-19)15(20)16(18)21/h1,3,5,11,13,15,20H,2,4,6-10H2,(H2,18,21)/t15-/m1/s1. The van der Waals surface area contributed by atoms with E-state index in [4.69, 9.17) is 5.73 Å². The maximum Gasteiger partial charge on any atom is 0.246 e. The van der Waals surface area contributed by atoms with E-state index in [2.05, 4.69) is 4.90 Å². The Morgan fingerprint density at radius 1 is 1.43 bits per heavy atom. The molecule has 1 aliphatic rings. The highest BCUT2D eigenvalue weighted by molar-refractivity contribution is 5.78. The zero-order valence-corrected chi connectivity index (χ0v) is 12.2. The maximum atomic E-state index is 13.1. The second kappa shape index (κ2) is 7.52. The Bertz CT molecular complexity index is 473. The quantitative estimate of drug-likeness (QED) is 0.831. The highest BCUT2D eigenvalue weighted by atomic mass is 19.1. The van der Waals surface area contributed by atoms with Crippen LogP contribution in [0.2, 0.25) is 0 Å². The Hall–Kier alpha value is -1.46. The first kappa shape index (κ1) is 15.9. The van der Waals surface area contributed by atoms with E-state index < -0.39 is 12.0 Å². The smallest absolute Gasteiger partial charge is 0.246 e. The summed E-state index contributed by atoms with van der Waals surface area (Å²) in [6.07, 6.45) is 2.42. The molecule has 1 aliphatic heterocycles. The van der Waals surface area contributed by atoms with Gasteiger partial charge in [0.25, 0.3) is 0 Å². The number of nitrogens with two attached hydrogens (primary N) is 1. The highest BCUT2D eigenvalue weighted by Gasteiger charge is 2.28. The normalized spacial score (nSPS) is 18.6. The van der Waals surface area contributed by atoms with E-state index in [9.17, 15) is 14.3 Å². The number of piperidine rings is 1. The van der Waals surface area contributed by atoms with Crippen molar-refractivity contribution in [3.63, 3.8) is 0 Å². The molecule has 116 valence electrons. The molecule has 1 saturated heterocycles. The Labute approximate surface area is 124 Å². The van der Waals surface area contributed by atoms with E-state index in [0.29, 0.717) is 0 Å². The van der Waals surface area contributed by atoms with Crippen LogP contribution in [0.4, 0.5) is 4.39 Å². The molecule has 1 aromatic rings. The first-order valence-corrected chi connectivity index (χ1v) is 7.50. The van der Waals surface area contributed by atoms with Crippen LogP contribution in [-0.2, 0) is 11.2 Å². The summed E-state index contributed by atoms with van der Waals surface area (Å²) in [6.45, 7) is 2.70. The van der Waals surface area contributed by atoms with Gasteiger partial charge in [0.2, 0.25) is 5.91 Å². The van der Waals surface area contributed by atoms with Gasteiger partial charge in [-0.1, -0.05) is 12.1 Å². The minimum Gasteiger partial charge on any atom is -0.383 e. The van der Waals surface area contributed by atoms with Gasteiger partial charge in [0.15, 0.2) is 0 Å². The Morgan fingerprint density at radius 3 is 2.76 bits per heavy atom. The van der Waals surface area contributed by atoms with Crippen LogP contribution >= 0.6 is 0 Å². The molecule has 3 N–H and O–H groups in total. The summed E-state index contributed by atoms with van der Waals surface area (Å²) in [5.41, 5.74) is 6.15. The number of aryl methyl sites for hydroxylation is 1. The van der Waals surface area contributed by atoms with Crippen LogP contribution in [-0.4, -0.2) is 41.7 Å². The number of hydrogen-bond donors (Lipinski definition) is 2. The molecule has 0 aliphatic carbocycles. The first-order chi connectivity index (χ1) is 10.1. The van der Waals surface area contributed by atoms with Gasteiger partial charge < -0.3 is 15.7 Å². The summed E-state index contributed by atoms with van der Waals surface area (Å²) in [5, 5.41) is 9.66. The van der Waals surface area contributed by atoms with E-state index in [1.807, 2.05) is 6.07 Å². The molecular formula is C16H23FN2O2. The molecule has 0 spiro atoms. The largest absolute Gasteiger partial charge is 0.383 e. The number of amides is 1. The summed E-state index contributed by atoms with van der Waals surface area (Å²) in [6, 6.07) is 6.72. The number of aliphatic hydroxyl groups is 1. The van der Waals surface area contributed by atoms with Gasteiger partial charge in [-0.05, 0) is 68.9 Å². The van der Waals surface area contributed by atoms with Crippen molar-refractivity contribution >= 4 is 5.91 Å². The third kappa shape index (κ3) is 4.79. The van der Waals surface area contributed by atoms with Crippen LogP contribution in [0.1, 0.15) is 24.8 Å². The molecule has 0 bridgehead atoms. The third-order valence-electron chi connectivity index (χ3n) is 4.20. The number of likely N-dealkylation sites (tertiary alicyclic amines) is 1. The van der Waals surface area contributed by atoms with Crippen molar-refractivity contribution in [1.82, 2.24) is 4.90 Å². The predicted molar refractivity (Wildman–Crippen MR) is 79.1 cm³/mol. The van der Waals surface area contributed by atoms with Crippen molar-refractivity contribution < 1.29 is 14.3 Å². The molecule has 1 fully saturated rings. The van der Waals surface area contributed by atoms with Crippen LogP contribution in [0.5, 0.6) is 0 Å². The van der Waals surface area contributed by atoms with Crippen molar-refractivity contribution in [3.8, 4) is 0 Å². The minimum atomic E-state index is -1.01. The van der Waals surface area contributed by atoms with Crippen LogP contribution < -0.4 is 5.73 Å². The van der Waals surface area contributed by atoms with Crippen LogP contribution in [0, 0.1) is 11.7 Å². The number of rotatable bonds is 6. The molecule has 4 nitrogen and oxygen atoms in total. The van der Waals surface area contributed by atoms with Gasteiger partial charge in [0.05, 0.1) is 0 Å². The van der Waals surface area contributed by atoms with E-state index in [0.717, 1.165) is 50.9 Å². The molecule has 0 radical (unpaired) electrons. The van der Waals surface area contributed by atoms with Crippen LogP contribution in [0.15, 0.2) is 24.3 Å². The van der Waals surface area contributed by atoms with Gasteiger partial charge in [0, 0.05) is 0 Å². The molecule has 1 aromatic carbocycles. The number of carbonyl (C=O) groups is 1. The Morgan fingerprint density at radius 2 is 2.14 bits per heavy atom. The summed E-state index contributed by atoms with van der Waals surface area (Å²) < 4.78 is 13.1. The first-order valence-electron chi connectivity index (χ1n) is 7.50. The van der Waals surface area contributed by atoms with E-state index in [1.165, 1.54) is 6.07 Å². The fourth-order valence-corrected chi connectivity index (χ4v) is 2.92. The number of carbonyl (C=O) groups excluding carboxylic acids is 1. The van der Waals surface area contributed by atoms with Crippen molar-refractivity contribution in [2.24, 2.45) is 11.7 Å². The lowest BCUT2D eigenvalue weighted by Crippen LogP contribution is -2.43. The summed E-state index contributed by atoms with van der Waals surface area (Å²) in [5.74, 6) is -0.824. The van der Waals surface area contributed by atoms with Gasteiger partial charge in [-0.3, -0.25) is 4.79 Å². The summed E-state index contributed by atoms with van der Waals surface area (Å²) in [4.78, 5) is 13.3. The molecule has 1 heterocycles. The lowest BCUT2D eigenvalue weighted by Gasteiger charge is -2.33. The number of hydrogen-bond acceptors (Lipinski definition) is 3. The second-order valence-corrected chi connectivity index (χ2v) is 5.76. The molecular weight excluding hydrogens is 271 g/mol. The predicted octanol–water partition coefficient (Wildman–Crippen LogP) is 1.32. The molecule has 1 amide bonds. The highest BCUT2D eigenvalue weighted by Crippen LogP contribution is 2.21. The lowest BCUT2D eigenvalue weighted by atomic mass is 9.91. The van der Waals surface area contributed by atoms with E-state index in [1.54, 1.807) is 12.1 Å². The van der Waals surface area contributed by atoms with E-state index in [-0.39, 0.29) is 11.7 Å². The van der Waals surface area contributed by atoms with Gasteiger partial charge in [-0.2, -0.15) is 0 Å². The van der Waals surface area contributed by atoms with Gasteiger partial charge in [-0.25, -0.2) is 4.39 Å². The number of halogens is 1. The SMILES string of the molecule is NC(=O)[C@H](O)C1CCN(CCCc2cccc(F)c2)CC1. The molecule has 2 rings (SSSR count). The fraction of sp³-hybridized carbons (Fsp3) is 0.562. The average Bonchev–Trinajstić information content (AvgIpc) is 2.47. The van der Waals surface area contributed by atoms with Crippen molar-refractivity contribution in [2.45, 2.75) is 31.8 Å². The van der Waals surface area contributed by atoms with E-state index >= 15 is 0 Å². The van der Waals surface area contributed by atoms with Crippen molar-refractivity contribution in [3.05, 3.63) is 35.6 Å². The number of primary amides is 1. The number of nitrogens with zero attached hydrogens (tertiary/aromatic N) is 1. The molecule has 0 unspecified atom stereocenters. The second-order valence-electron chi connectivity index (χ2n) is 5.76. The Kier molecular flexibility index (Phi) is 5.70. The van der Waals surface area contributed by atoms with Crippen molar-refractivity contribution in [1.29, 1.82) is 0 Å². The molecule has 1 atom stereocenters. The van der Waals surface area contributed by atoms with Crippen LogP contribution in [0.3, 0.4) is 0 Å². The third-order valence-corrected chi connectivity index (χ3v) is 4.20. The summed E-state index contributed by atoms with van der Waals surface area (Å²) >= 11 is 0. The maximum absolute atomic E-state index is 13.1. The summed E-state index contributed by atoms with van der Waals surface area (Å²) in [7, 11) is 0. The lowest BCUT2D eigenvalue weighted by molar-refractivity contribution is -0.129. The van der Waals surface area contributed by atoms with Gasteiger partial charge in [0.1, 0.15) is 11.9 Å². The Balaban J connectivity index is 1.68. The number of aliphatic hydroxyl groups excluding tert-OH is 1. The number of benzene rings is 1. The van der Waals surface area contributed by atoms with Gasteiger partial charge in [-0.15, -0.1) is 0 Å². The minimum absolute atomic E-state index is 0.0121. The zero-order chi connectivity index (χ0) is 15.2. The van der Waals surface area contributed by atoms with Gasteiger partial charge >= 0.3 is 0 Å². The molecule has 5 heteroatoms. The molecule has 0 saturated carbocycles. The monoisotopic (exact) mass is 294 g/mol.